The third-order valence-electron chi connectivity index (χ3n) is 3.24. The lowest BCUT2D eigenvalue weighted by molar-refractivity contribution is 0.0939. The lowest BCUT2D eigenvalue weighted by Gasteiger charge is -2.15. The number of amides is 1. The van der Waals surface area contributed by atoms with E-state index in [4.69, 9.17) is 5.14 Å². The molecule has 1 amide bonds. The van der Waals surface area contributed by atoms with Crippen LogP contribution >= 0.6 is 0 Å². The van der Waals surface area contributed by atoms with E-state index in [0.29, 0.717) is 5.56 Å². The Labute approximate surface area is 132 Å². The van der Waals surface area contributed by atoms with Gasteiger partial charge in [-0.3, -0.25) is 4.79 Å². The molecule has 23 heavy (non-hydrogen) atoms. The van der Waals surface area contributed by atoms with Crippen molar-refractivity contribution >= 4 is 15.9 Å². The monoisotopic (exact) mass is 340 g/mol. The van der Waals surface area contributed by atoms with Gasteiger partial charge in [-0.1, -0.05) is 12.1 Å². The molecular weight excluding hydrogens is 326 g/mol. The minimum Gasteiger partial charge on any atom is -0.346 e. The highest BCUT2D eigenvalue weighted by atomic mass is 32.2. The summed E-state index contributed by atoms with van der Waals surface area (Å²) in [4.78, 5) is 12.0. The summed E-state index contributed by atoms with van der Waals surface area (Å²) in [5.41, 5.74) is 0.616. The molecule has 0 unspecified atom stereocenters. The summed E-state index contributed by atoms with van der Waals surface area (Å²) in [7, 11) is -3.78. The first kappa shape index (κ1) is 17.0. The van der Waals surface area contributed by atoms with Crippen LogP contribution in [0.3, 0.4) is 0 Å². The van der Waals surface area contributed by atoms with Crippen LogP contribution in [0.4, 0.5) is 8.78 Å². The highest BCUT2D eigenvalue weighted by Crippen LogP contribution is 2.16. The number of hydrogen-bond donors (Lipinski definition) is 2. The van der Waals surface area contributed by atoms with Gasteiger partial charge in [-0.2, -0.15) is 0 Å². The summed E-state index contributed by atoms with van der Waals surface area (Å²) in [6.07, 6.45) is 0. The first-order valence-corrected chi connectivity index (χ1v) is 8.12. The van der Waals surface area contributed by atoms with Crippen LogP contribution in [0.25, 0.3) is 0 Å². The van der Waals surface area contributed by atoms with E-state index in [1.807, 2.05) is 0 Å². The Morgan fingerprint density at radius 3 is 2.22 bits per heavy atom. The molecule has 0 aliphatic heterocycles. The Morgan fingerprint density at radius 2 is 1.70 bits per heavy atom. The molecule has 3 N–H and O–H groups in total. The molecule has 122 valence electrons. The van der Waals surface area contributed by atoms with Gasteiger partial charge < -0.3 is 5.32 Å². The van der Waals surface area contributed by atoms with Crippen LogP contribution in [0.2, 0.25) is 0 Å². The van der Waals surface area contributed by atoms with E-state index in [2.05, 4.69) is 5.32 Å². The number of carbonyl (C=O) groups excluding carboxylic acids is 1. The van der Waals surface area contributed by atoms with Crippen LogP contribution < -0.4 is 10.5 Å². The molecule has 2 rings (SSSR count). The van der Waals surface area contributed by atoms with Gasteiger partial charge in [0, 0.05) is 5.56 Å². The zero-order valence-electron chi connectivity index (χ0n) is 12.1. The lowest BCUT2D eigenvalue weighted by atomic mass is 10.1. The smallest absolute Gasteiger partial charge is 0.251 e. The van der Waals surface area contributed by atoms with Crippen molar-refractivity contribution in [2.45, 2.75) is 17.9 Å². The topological polar surface area (TPSA) is 89.3 Å². The zero-order chi connectivity index (χ0) is 17.2. The lowest BCUT2D eigenvalue weighted by Crippen LogP contribution is -2.26. The number of nitrogens with one attached hydrogen (secondary N) is 1. The van der Waals surface area contributed by atoms with E-state index < -0.39 is 33.6 Å². The predicted octanol–water partition coefficient (Wildman–Crippen LogP) is 2.10. The summed E-state index contributed by atoms with van der Waals surface area (Å²) < 4.78 is 48.3. The third-order valence-corrected chi connectivity index (χ3v) is 4.17. The maximum Gasteiger partial charge on any atom is 0.251 e. The quantitative estimate of drug-likeness (QED) is 0.893. The second-order valence-electron chi connectivity index (χ2n) is 4.94. The van der Waals surface area contributed by atoms with Crippen molar-refractivity contribution in [1.29, 1.82) is 0 Å². The molecule has 0 spiro atoms. The van der Waals surface area contributed by atoms with Crippen LogP contribution in [0.15, 0.2) is 47.4 Å². The predicted molar refractivity (Wildman–Crippen MR) is 80.1 cm³/mol. The van der Waals surface area contributed by atoms with Crippen LogP contribution in [0, 0.1) is 11.6 Å². The molecule has 0 fully saturated rings. The molecule has 0 heterocycles. The van der Waals surface area contributed by atoms with Crippen LogP contribution in [0.1, 0.15) is 28.9 Å². The highest BCUT2D eigenvalue weighted by molar-refractivity contribution is 7.89. The van der Waals surface area contributed by atoms with Gasteiger partial charge in [0.2, 0.25) is 10.0 Å². The molecule has 0 bridgehead atoms. The summed E-state index contributed by atoms with van der Waals surface area (Å²) in [5.74, 6) is -2.72. The second-order valence-corrected chi connectivity index (χ2v) is 6.50. The minimum atomic E-state index is -3.78. The fourth-order valence-corrected chi connectivity index (χ4v) is 2.46. The zero-order valence-corrected chi connectivity index (χ0v) is 12.9. The second kappa shape index (κ2) is 6.43. The Morgan fingerprint density at radius 1 is 1.09 bits per heavy atom. The fourth-order valence-electron chi connectivity index (χ4n) is 1.95. The number of primary sulfonamides is 1. The van der Waals surface area contributed by atoms with Gasteiger partial charge in [0.1, 0.15) is 0 Å². The largest absolute Gasteiger partial charge is 0.346 e. The average Bonchev–Trinajstić information content (AvgIpc) is 2.49. The minimum absolute atomic E-state index is 0.0168. The average molecular weight is 340 g/mol. The van der Waals surface area contributed by atoms with E-state index in [9.17, 15) is 22.0 Å². The van der Waals surface area contributed by atoms with Crippen molar-refractivity contribution in [2.75, 3.05) is 0 Å². The van der Waals surface area contributed by atoms with Crippen molar-refractivity contribution in [2.24, 2.45) is 5.14 Å². The summed E-state index contributed by atoms with van der Waals surface area (Å²) >= 11 is 0. The number of sulfonamides is 1. The van der Waals surface area contributed by atoms with Gasteiger partial charge >= 0.3 is 0 Å². The molecular formula is C15H14F2N2O3S. The molecule has 0 aliphatic carbocycles. The summed E-state index contributed by atoms with van der Waals surface area (Å²) in [5, 5.41) is 7.61. The number of hydrogen-bond acceptors (Lipinski definition) is 3. The Bertz CT molecular complexity index is 836. The van der Waals surface area contributed by atoms with E-state index >= 15 is 0 Å². The Kier molecular flexibility index (Phi) is 4.76. The van der Waals surface area contributed by atoms with Gasteiger partial charge in [-0.15, -0.1) is 0 Å². The summed E-state index contributed by atoms with van der Waals surface area (Å²) in [6.45, 7) is 1.67. The molecule has 1 atom stereocenters. The molecule has 2 aromatic rings. The van der Waals surface area contributed by atoms with Crippen molar-refractivity contribution < 1.29 is 22.0 Å². The Hall–Kier alpha value is -2.32. The van der Waals surface area contributed by atoms with Gasteiger partial charge in [0.05, 0.1) is 10.9 Å². The van der Waals surface area contributed by atoms with Gasteiger partial charge in [0.25, 0.3) is 5.91 Å². The van der Waals surface area contributed by atoms with E-state index in [0.717, 1.165) is 12.1 Å². The van der Waals surface area contributed by atoms with Crippen molar-refractivity contribution in [3.63, 3.8) is 0 Å². The molecule has 0 saturated heterocycles. The van der Waals surface area contributed by atoms with Crippen molar-refractivity contribution in [1.82, 2.24) is 5.32 Å². The van der Waals surface area contributed by atoms with Gasteiger partial charge in [-0.25, -0.2) is 22.3 Å². The fraction of sp³-hybridized carbons (Fsp3) is 0.133. The van der Waals surface area contributed by atoms with Crippen LogP contribution in [-0.4, -0.2) is 14.3 Å². The molecule has 5 nitrogen and oxygen atoms in total. The van der Waals surface area contributed by atoms with Gasteiger partial charge in [0.15, 0.2) is 11.6 Å². The Balaban J connectivity index is 2.13. The molecule has 0 saturated carbocycles. The number of nitrogens with two attached hydrogens (primary N) is 1. The highest BCUT2D eigenvalue weighted by Gasteiger charge is 2.14. The van der Waals surface area contributed by atoms with Gasteiger partial charge in [-0.05, 0) is 42.8 Å². The molecule has 2 aromatic carbocycles. The summed E-state index contributed by atoms with van der Waals surface area (Å²) in [6, 6.07) is 8.05. The third kappa shape index (κ3) is 4.11. The van der Waals surface area contributed by atoms with E-state index in [1.54, 1.807) is 6.92 Å². The first-order valence-electron chi connectivity index (χ1n) is 6.57. The molecule has 0 radical (unpaired) electrons. The normalized spacial score (nSPS) is 12.7. The van der Waals surface area contributed by atoms with Crippen LogP contribution in [0.5, 0.6) is 0 Å². The van der Waals surface area contributed by atoms with Crippen molar-refractivity contribution in [3.05, 3.63) is 65.2 Å². The molecule has 8 heteroatoms. The number of benzene rings is 2. The number of rotatable bonds is 4. The first-order chi connectivity index (χ1) is 10.7. The van der Waals surface area contributed by atoms with Crippen molar-refractivity contribution in [3.8, 4) is 0 Å². The number of carbonyl (C=O) groups is 1. The maximum absolute atomic E-state index is 13.1. The molecule has 0 aromatic heterocycles. The number of halogens is 2. The SMILES string of the molecule is C[C@H](NC(=O)c1ccc(F)c(F)c1)c1ccc(S(N)(=O)=O)cc1. The van der Waals surface area contributed by atoms with E-state index in [-0.39, 0.29) is 10.5 Å². The standard InChI is InChI=1S/C15H14F2N2O3S/c1-9(10-2-5-12(6-3-10)23(18,21)22)19-15(20)11-4-7-13(16)14(17)8-11/h2-9H,1H3,(H,19,20)(H2,18,21,22)/t9-/m0/s1. The van der Waals surface area contributed by atoms with Crippen LogP contribution in [-0.2, 0) is 10.0 Å². The van der Waals surface area contributed by atoms with E-state index in [1.165, 1.54) is 30.3 Å². The maximum atomic E-state index is 13.1. The molecule has 0 aliphatic rings.